The van der Waals surface area contributed by atoms with E-state index in [1.807, 2.05) is 0 Å². The molecule has 2 aromatic heterocycles. The molecule has 0 unspecified atom stereocenters. The van der Waals surface area contributed by atoms with Crippen LogP contribution in [-0.2, 0) is 14.2 Å². The van der Waals surface area contributed by atoms with Crippen LogP contribution in [-0.4, -0.2) is 124 Å². The van der Waals surface area contributed by atoms with E-state index >= 15 is 0 Å². The first-order chi connectivity index (χ1) is 16.7. The van der Waals surface area contributed by atoms with Gasteiger partial charge in [0.1, 0.15) is 0 Å². The quantitative estimate of drug-likeness (QED) is 0.103. The van der Waals surface area contributed by atoms with E-state index in [0.717, 1.165) is 0 Å². The van der Waals surface area contributed by atoms with Crippen LogP contribution >= 0.6 is 0 Å². The van der Waals surface area contributed by atoms with Crippen LogP contribution < -0.4 is 21.7 Å². The van der Waals surface area contributed by atoms with Crippen LogP contribution in [0.1, 0.15) is 0 Å². The van der Waals surface area contributed by atoms with Crippen LogP contribution in [0.5, 0.6) is 0 Å². The number of nitrogen functional groups attached to an aromatic ring is 1. The van der Waals surface area contributed by atoms with E-state index in [0.29, 0.717) is 39.5 Å². The second kappa shape index (κ2) is 16.6. The summed E-state index contributed by atoms with van der Waals surface area (Å²) in [5.74, 6) is 0.982. The average molecular weight is 485 g/mol. The zero-order valence-corrected chi connectivity index (χ0v) is 18.8. The number of aliphatic hydroxyl groups is 3. The van der Waals surface area contributed by atoms with Crippen molar-refractivity contribution in [3.8, 4) is 11.6 Å². The van der Waals surface area contributed by atoms with Crippen LogP contribution in [0.2, 0.25) is 0 Å². The van der Waals surface area contributed by atoms with Crippen LogP contribution in [0.15, 0.2) is 0 Å². The lowest BCUT2D eigenvalue weighted by molar-refractivity contribution is 0.0990. The maximum Gasteiger partial charge on any atom is 0.228 e. The predicted molar refractivity (Wildman–Crippen MR) is 122 cm³/mol. The monoisotopic (exact) mass is 484 g/mol. The highest BCUT2D eigenvalue weighted by molar-refractivity contribution is 5.53. The summed E-state index contributed by atoms with van der Waals surface area (Å²) >= 11 is 0. The molecule has 34 heavy (non-hydrogen) atoms. The fourth-order valence-corrected chi connectivity index (χ4v) is 2.41. The van der Waals surface area contributed by atoms with Gasteiger partial charge in [-0.3, -0.25) is 0 Å². The van der Waals surface area contributed by atoms with Gasteiger partial charge in [-0.2, -0.15) is 29.9 Å². The maximum atomic E-state index is 8.79. The topological polar surface area (TPSA) is 228 Å². The Kier molecular flexibility index (Phi) is 13.3. The van der Waals surface area contributed by atoms with Gasteiger partial charge < -0.3 is 51.2 Å². The Balaban J connectivity index is 2.13. The van der Waals surface area contributed by atoms with Crippen molar-refractivity contribution in [1.82, 2.24) is 29.9 Å². The Morgan fingerprint density at radius 2 is 0.912 bits per heavy atom. The van der Waals surface area contributed by atoms with Gasteiger partial charge >= 0.3 is 0 Å². The van der Waals surface area contributed by atoms with Crippen molar-refractivity contribution in [2.24, 2.45) is 0 Å². The maximum absolute atomic E-state index is 8.79. The predicted octanol–water partition coefficient (Wildman–Crippen LogP) is -2.43. The zero-order chi connectivity index (χ0) is 24.4. The van der Waals surface area contributed by atoms with Gasteiger partial charge in [-0.15, -0.1) is 0 Å². The average Bonchev–Trinajstić information content (AvgIpc) is 2.83. The van der Waals surface area contributed by atoms with E-state index in [1.165, 1.54) is 0 Å². The van der Waals surface area contributed by atoms with Crippen LogP contribution in [0.4, 0.5) is 23.8 Å². The number of nitrogens with zero attached hydrogens (tertiary/aromatic N) is 6. The molecule has 2 rings (SSSR count). The third kappa shape index (κ3) is 10.7. The van der Waals surface area contributed by atoms with E-state index in [-0.39, 0.29) is 75.1 Å². The second-order valence-electron chi connectivity index (χ2n) is 6.44. The molecular weight excluding hydrogens is 452 g/mol. The number of aliphatic hydroxyl groups excluding tert-OH is 3. The number of hydrogen-bond acceptors (Lipinski definition) is 16. The summed E-state index contributed by atoms with van der Waals surface area (Å²) in [6.07, 6.45) is 0. The van der Waals surface area contributed by atoms with Gasteiger partial charge in [0.15, 0.2) is 0 Å². The third-order valence-corrected chi connectivity index (χ3v) is 3.78. The summed E-state index contributed by atoms with van der Waals surface area (Å²) in [7, 11) is 0. The summed E-state index contributed by atoms with van der Waals surface area (Å²) in [5, 5.41) is 35.3. The molecule has 2 aromatic rings. The lowest BCUT2D eigenvalue weighted by Crippen LogP contribution is -2.18. The van der Waals surface area contributed by atoms with Gasteiger partial charge in [0, 0.05) is 19.6 Å². The minimum atomic E-state index is -0.0624. The second-order valence-corrected chi connectivity index (χ2v) is 6.44. The Hall–Kier alpha value is -3.02. The molecule has 8 N–H and O–H groups in total. The molecule has 0 amide bonds. The highest BCUT2D eigenvalue weighted by atomic mass is 16.5. The normalized spacial score (nSPS) is 10.9. The van der Waals surface area contributed by atoms with E-state index < -0.39 is 0 Å². The standard InChI is InChI=1S/C18H32N10O6/c19-15-23-13(24-16(27-15)20-1-7-32-10-4-29)14-25-17(21-2-8-33-11-5-30)28-18(26-14)22-3-9-34-12-6-31/h29-31H,1-12H2,(H3,19,20,23,24,27)(H2,21,22,25,26,28). The molecule has 0 radical (unpaired) electrons. The van der Waals surface area contributed by atoms with Gasteiger partial charge in [-0.25, -0.2) is 0 Å². The Labute approximate surface area is 196 Å². The summed E-state index contributed by atoms with van der Waals surface area (Å²) < 4.78 is 15.6. The van der Waals surface area contributed by atoms with Crippen LogP contribution in [0.25, 0.3) is 11.6 Å². The number of nitrogens with two attached hydrogens (primary N) is 1. The minimum Gasteiger partial charge on any atom is -0.394 e. The molecule has 190 valence electrons. The fraction of sp³-hybridized carbons (Fsp3) is 0.667. The highest BCUT2D eigenvalue weighted by Crippen LogP contribution is 2.16. The molecule has 16 nitrogen and oxygen atoms in total. The largest absolute Gasteiger partial charge is 0.394 e. The molecule has 0 aliphatic carbocycles. The van der Waals surface area contributed by atoms with E-state index in [9.17, 15) is 0 Å². The SMILES string of the molecule is Nc1nc(NCCOCCO)nc(-c2nc(NCCOCCO)nc(NCCOCCO)n2)n1. The fourth-order valence-electron chi connectivity index (χ4n) is 2.41. The van der Waals surface area contributed by atoms with Crippen LogP contribution in [0, 0.1) is 0 Å². The summed E-state index contributed by atoms with van der Waals surface area (Å²) in [6, 6.07) is 0. The van der Waals surface area contributed by atoms with E-state index in [2.05, 4.69) is 45.9 Å². The molecular formula is C18H32N10O6. The van der Waals surface area contributed by atoms with Crippen molar-refractivity contribution in [2.45, 2.75) is 0 Å². The number of rotatable bonds is 19. The molecule has 0 saturated heterocycles. The van der Waals surface area contributed by atoms with Gasteiger partial charge in [-0.05, 0) is 0 Å². The van der Waals surface area contributed by atoms with Gasteiger partial charge in [0.05, 0.1) is 59.5 Å². The summed E-state index contributed by atoms with van der Waals surface area (Å²) in [5.41, 5.74) is 5.84. The van der Waals surface area contributed by atoms with Crippen molar-refractivity contribution in [3.05, 3.63) is 0 Å². The first kappa shape index (κ1) is 27.2. The number of aromatic nitrogens is 6. The first-order valence-corrected chi connectivity index (χ1v) is 10.7. The molecule has 0 saturated carbocycles. The number of nitrogens with one attached hydrogen (secondary N) is 3. The van der Waals surface area contributed by atoms with E-state index in [1.54, 1.807) is 0 Å². The lowest BCUT2D eigenvalue weighted by atomic mass is 10.5. The molecule has 0 aliphatic heterocycles. The van der Waals surface area contributed by atoms with Crippen molar-refractivity contribution in [1.29, 1.82) is 0 Å². The molecule has 16 heteroatoms. The minimum absolute atomic E-state index is 0.0250. The Morgan fingerprint density at radius 3 is 1.32 bits per heavy atom. The summed E-state index contributed by atoms with van der Waals surface area (Å²) in [6.45, 7) is 2.70. The molecule has 0 aliphatic rings. The van der Waals surface area contributed by atoms with Gasteiger partial charge in [0.25, 0.3) is 0 Å². The molecule has 0 spiro atoms. The summed E-state index contributed by atoms with van der Waals surface area (Å²) in [4.78, 5) is 25.5. The van der Waals surface area contributed by atoms with Crippen molar-refractivity contribution in [3.63, 3.8) is 0 Å². The lowest BCUT2D eigenvalue weighted by Gasteiger charge is -2.11. The van der Waals surface area contributed by atoms with Gasteiger partial charge in [0.2, 0.25) is 35.4 Å². The number of anilines is 4. The molecule has 0 bridgehead atoms. The molecule has 0 fully saturated rings. The third-order valence-electron chi connectivity index (χ3n) is 3.78. The molecule has 2 heterocycles. The molecule has 0 atom stereocenters. The van der Waals surface area contributed by atoms with Crippen molar-refractivity contribution >= 4 is 23.8 Å². The molecule has 0 aromatic carbocycles. The Morgan fingerprint density at radius 1 is 0.529 bits per heavy atom. The number of ether oxygens (including phenoxy) is 3. The smallest absolute Gasteiger partial charge is 0.228 e. The first-order valence-electron chi connectivity index (χ1n) is 10.7. The van der Waals surface area contributed by atoms with E-state index in [4.69, 9.17) is 35.3 Å². The highest BCUT2D eigenvalue weighted by Gasteiger charge is 2.14. The number of hydrogen-bond donors (Lipinski definition) is 7. The van der Waals surface area contributed by atoms with Crippen molar-refractivity contribution < 1.29 is 29.5 Å². The Bertz CT molecular complexity index is 802. The van der Waals surface area contributed by atoms with Crippen LogP contribution in [0.3, 0.4) is 0 Å². The van der Waals surface area contributed by atoms with Gasteiger partial charge in [-0.1, -0.05) is 0 Å². The van der Waals surface area contributed by atoms with Crippen molar-refractivity contribution in [2.75, 3.05) is 101 Å². The zero-order valence-electron chi connectivity index (χ0n) is 18.8.